The molecule has 0 aliphatic heterocycles. The third-order valence-corrected chi connectivity index (χ3v) is 3.26. The van der Waals surface area contributed by atoms with Gasteiger partial charge in [-0.2, -0.15) is 0 Å². The smallest absolute Gasteiger partial charge is 0.0897 e. The Morgan fingerprint density at radius 1 is 0.947 bits per heavy atom. The number of hydrogen-bond donors (Lipinski definition) is 2. The monoisotopic (exact) mass is 273 g/mol. The quantitative estimate of drug-likeness (QED) is 0.607. The van der Waals surface area contributed by atoms with Crippen molar-refractivity contribution in [3.05, 3.63) is 0 Å². The lowest BCUT2D eigenvalue weighted by atomic mass is 10.0. The van der Waals surface area contributed by atoms with Crippen LogP contribution in [-0.4, -0.2) is 36.5 Å². The average Bonchev–Trinajstić information content (AvgIpc) is 2.30. The first kappa shape index (κ1) is 18.9. The lowest BCUT2D eigenvalue weighted by Crippen LogP contribution is -2.36. The first-order chi connectivity index (χ1) is 8.81. The van der Waals surface area contributed by atoms with Crippen molar-refractivity contribution in [3.63, 3.8) is 0 Å². The van der Waals surface area contributed by atoms with Gasteiger partial charge in [0.15, 0.2) is 0 Å². The summed E-state index contributed by atoms with van der Waals surface area (Å²) in [5.74, 6) is 1.38. The van der Waals surface area contributed by atoms with Gasteiger partial charge < -0.3 is 15.2 Å². The summed E-state index contributed by atoms with van der Waals surface area (Å²) in [6.45, 7) is 14.2. The van der Waals surface area contributed by atoms with Gasteiger partial charge in [-0.15, -0.1) is 0 Å². The fourth-order valence-electron chi connectivity index (χ4n) is 2.09. The molecule has 0 aliphatic rings. The Balaban J connectivity index is 3.60. The van der Waals surface area contributed by atoms with Crippen LogP contribution in [0.4, 0.5) is 0 Å². The zero-order valence-electron chi connectivity index (χ0n) is 13.8. The zero-order valence-corrected chi connectivity index (χ0v) is 13.8. The second-order valence-corrected chi connectivity index (χ2v) is 6.71. The van der Waals surface area contributed by atoms with Gasteiger partial charge in [0.1, 0.15) is 0 Å². The van der Waals surface area contributed by atoms with Gasteiger partial charge in [0, 0.05) is 12.6 Å². The maximum atomic E-state index is 9.87. The number of aliphatic hydroxyl groups is 1. The van der Waals surface area contributed by atoms with Crippen LogP contribution in [0, 0.1) is 11.8 Å². The van der Waals surface area contributed by atoms with Crippen molar-refractivity contribution < 1.29 is 9.84 Å². The van der Waals surface area contributed by atoms with Crippen LogP contribution in [0.25, 0.3) is 0 Å². The van der Waals surface area contributed by atoms with Crippen LogP contribution in [0.2, 0.25) is 0 Å². The molecule has 0 fully saturated rings. The van der Waals surface area contributed by atoms with Crippen molar-refractivity contribution in [2.45, 2.75) is 79.1 Å². The van der Waals surface area contributed by atoms with Crippen molar-refractivity contribution in [1.82, 2.24) is 5.32 Å². The minimum absolute atomic E-state index is 0.230. The van der Waals surface area contributed by atoms with E-state index in [-0.39, 0.29) is 6.10 Å². The lowest BCUT2D eigenvalue weighted by molar-refractivity contribution is -0.00921. The van der Waals surface area contributed by atoms with E-state index in [2.05, 4.69) is 46.9 Å². The Morgan fingerprint density at radius 3 is 2.11 bits per heavy atom. The molecule has 0 saturated carbocycles. The highest BCUT2D eigenvalue weighted by Crippen LogP contribution is 2.08. The summed E-state index contributed by atoms with van der Waals surface area (Å²) >= 11 is 0. The molecular formula is C16H35NO2. The Labute approximate surface area is 120 Å². The molecule has 0 spiro atoms. The molecule has 0 aromatic rings. The Hall–Kier alpha value is -0.120. The van der Waals surface area contributed by atoms with Gasteiger partial charge in [-0.25, -0.2) is 0 Å². The van der Waals surface area contributed by atoms with Gasteiger partial charge in [0.05, 0.1) is 18.8 Å². The van der Waals surface area contributed by atoms with E-state index < -0.39 is 6.10 Å². The molecule has 0 aromatic carbocycles. The normalized spacial score (nSPS) is 16.9. The molecule has 2 N–H and O–H groups in total. The van der Waals surface area contributed by atoms with Gasteiger partial charge in [-0.05, 0) is 44.9 Å². The van der Waals surface area contributed by atoms with Crippen LogP contribution >= 0.6 is 0 Å². The highest BCUT2D eigenvalue weighted by molar-refractivity contribution is 4.66. The molecule has 0 amide bonds. The number of ether oxygens (including phenoxy) is 1. The molecule has 0 rings (SSSR count). The number of nitrogens with one attached hydrogen (secondary N) is 1. The van der Waals surface area contributed by atoms with Crippen molar-refractivity contribution in [2.75, 3.05) is 13.2 Å². The van der Waals surface area contributed by atoms with E-state index in [0.29, 0.717) is 25.1 Å². The Kier molecular flexibility index (Phi) is 10.6. The van der Waals surface area contributed by atoms with Gasteiger partial charge in [-0.3, -0.25) is 0 Å². The van der Waals surface area contributed by atoms with Crippen LogP contribution in [0.3, 0.4) is 0 Å². The summed E-state index contributed by atoms with van der Waals surface area (Å²) in [5.41, 5.74) is 0. The van der Waals surface area contributed by atoms with Crippen LogP contribution < -0.4 is 5.32 Å². The molecule has 19 heavy (non-hydrogen) atoms. The van der Waals surface area contributed by atoms with Crippen molar-refractivity contribution in [1.29, 1.82) is 0 Å². The molecule has 0 heterocycles. The minimum atomic E-state index is -0.406. The molecule has 0 unspecified atom stereocenters. The molecule has 0 bridgehead atoms. The largest absolute Gasteiger partial charge is 0.389 e. The van der Waals surface area contributed by atoms with E-state index in [1.54, 1.807) is 0 Å². The molecule has 116 valence electrons. The van der Waals surface area contributed by atoms with E-state index in [1.807, 2.05) is 0 Å². The summed E-state index contributed by atoms with van der Waals surface area (Å²) < 4.78 is 5.66. The predicted molar refractivity (Wildman–Crippen MR) is 82.4 cm³/mol. The molecule has 0 saturated heterocycles. The number of aliphatic hydroxyl groups excluding tert-OH is 1. The summed E-state index contributed by atoms with van der Waals surface area (Å²) in [6, 6.07) is 0.463. The van der Waals surface area contributed by atoms with Crippen molar-refractivity contribution in [3.8, 4) is 0 Å². The first-order valence-corrected chi connectivity index (χ1v) is 7.84. The van der Waals surface area contributed by atoms with E-state index in [0.717, 1.165) is 18.8 Å². The van der Waals surface area contributed by atoms with E-state index in [9.17, 15) is 5.11 Å². The summed E-state index contributed by atoms with van der Waals surface area (Å²) in [5, 5.41) is 13.2. The van der Waals surface area contributed by atoms with Crippen LogP contribution in [0.1, 0.15) is 60.8 Å². The van der Waals surface area contributed by atoms with Gasteiger partial charge in [0.2, 0.25) is 0 Å². The van der Waals surface area contributed by atoms with Crippen LogP contribution in [0.5, 0.6) is 0 Å². The fourth-order valence-corrected chi connectivity index (χ4v) is 2.09. The Morgan fingerprint density at radius 2 is 1.58 bits per heavy atom. The van der Waals surface area contributed by atoms with Crippen molar-refractivity contribution >= 4 is 0 Å². The van der Waals surface area contributed by atoms with E-state index in [1.165, 1.54) is 6.42 Å². The van der Waals surface area contributed by atoms with E-state index in [4.69, 9.17) is 4.74 Å². The molecule has 0 radical (unpaired) electrons. The first-order valence-electron chi connectivity index (χ1n) is 7.84. The lowest BCUT2D eigenvalue weighted by Gasteiger charge is -2.20. The molecule has 3 nitrogen and oxygen atoms in total. The fraction of sp³-hybridized carbons (Fsp3) is 1.00. The van der Waals surface area contributed by atoms with Gasteiger partial charge in [0.25, 0.3) is 0 Å². The number of rotatable bonds is 11. The standard InChI is InChI=1S/C16H35NO2/c1-12(2)7-8-14(5)17-10-16(18)11-19-15(6)9-13(3)4/h12-18H,7-11H2,1-6H3/t14-,15+,16+/m1/s1. The molecule has 0 aromatic heterocycles. The topological polar surface area (TPSA) is 41.5 Å². The number of hydrogen-bond acceptors (Lipinski definition) is 3. The molecule has 3 heteroatoms. The van der Waals surface area contributed by atoms with Crippen molar-refractivity contribution in [2.24, 2.45) is 11.8 Å². The maximum Gasteiger partial charge on any atom is 0.0897 e. The minimum Gasteiger partial charge on any atom is -0.389 e. The SMILES string of the molecule is CC(C)CC[C@@H](C)NC[C@H](O)CO[C@@H](C)CC(C)C. The third kappa shape index (κ3) is 12.6. The molecule has 3 atom stereocenters. The summed E-state index contributed by atoms with van der Waals surface area (Å²) in [6.07, 6.45) is 3.26. The predicted octanol–water partition coefficient (Wildman–Crippen LogP) is 3.21. The van der Waals surface area contributed by atoms with Gasteiger partial charge >= 0.3 is 0 Å². The highest BCUT2D eigenvalue weighted by atomic mass is 16.5. The highest BCUT2D eigenvalue weighted by Gasteiger charge is 2.11. The summed E-state index contributed by atoms with van der Waals surface area (Å²) in [4.78, 5) is 0. The molecule has 0 aliphatic carbocycles. The third-order valence-electron chi connectivity index (χ3n) is 3.26. The Bertz CT molecular complexity index is 207. The van der Waals surface area contributed by atoms with Gasteiger partial charge in [-0.1, -0.05) is 27.7 Å². The van der Waals surface area contributed by atoms with Crippen LogP contribution in [-0.2, 0) is 4.74 Å². The maximum absolute atomic E-state index is 9.87. The molecular weight excluding hydrogens is 238 g/mol. The zero-order chi connectivity index (χ0) is 14.8. The average molecular weight is 273 g/mol. The van der Waals surface area contributed by atoms with Crippen LogP contribution in [0.15, 0.2) is 0 Å². The summed E-state index contributed by atoms with van der Waals surface area (Å²) in [7, 11) is 0. The second-order valence-electron chi connectivity index (χ2n) is 6.71. The van der Waals surface area contributed by atoms with E-state index >= 15 is 0 Å². The second kappa shape index (κ2) is 10.6.